The molecule has 4 aromatic rings. The summed E-state index contributed by atoms with van der Waals surface area (Å²) in [7, 11) is 0. The number of ether oxygens (including phenoxy) is 2. The van der Waals surface area contributed by atoms with E-state index in [1.54, 1.807) is 0 Å². The van der Waals surface area contributed by atoms with Gasteiger partial charge in [-0.1, -0.05) is 43.6 Å². The Morgan fingerprint density at radius 2 is 2.00 bits per heavy atom. The van der Waals surface area contributed by atoms with Gasteiger partial charge in [0.25, 0.3) is 5.56 Å². The molecule has 39 heavy (non-hydrogen) atoms. The molecule has 3 heterocycles. The molecule has 0 spiro atoms. The molecule has 2 aromatic heterocycles. The molecule has 10 heteroatoms. The summed E-state index contributed by atoms with van der Waals surface area (Å²) >= 11 is 6.61. The van der Waals surface area contributed by atoms with E-state index in [9.17, 15) is 4.79 Å². The summed E-state index contributed by atoms with van der Waals surface area (Å²) < 4.78 is 13.4. The molecule has 0 aliphatic carbocycles. The van der Waals surface area contributed by atoms with Crippen molar-refractivity contribution < 1.29 is 9.47 Å². The Hall–Kier alpha value is -3.27. The number of rotatable bonds is 11. The molecule has 9 nitrogen and oxygen atoms in total. The van der Waals surface area contributed by atoms with Gasteiger partial charge in [-0.05, 0) is 72.0 Å². The molecule has 2 aromatic carbocycles. The first kappa shape index (κ1) is 27.3. The van der Waals surface area contributed by atoms with Crippen molar-refractivity contribution >= 4 is 22.5 Å². The highest BCUT2D eigenvalue weighted by Crippen LogP contribution is 2.32. The molecule has 206 valence electrons. The highest BCUT2D eigenvalue weighted by Gasteiger charge is 2.31. The van der Waals surface area contributed by atoms with Crippen LogP contribution in [0.3, 0.4) is 0 Å². The number of H-pyrrole nitrogens is 1. The lowest BCUT2D eigenvalue weighted by molar-refractivity contribution is 0.0851. The summed E-state index contributed by atoms with van der Waals surface area (Å²) in [6.07, 6.45) is 2.13. The van der Waals surface area contributed by atoms with E-state index in [1.165, 1.54) is 0 Å². The minimum absolute atomic E-state index is 0.0972. The molecule has 1 fully saturated rings. The zero-order valence-corrected chi connectivity index (χ0v) is 23.4. The SMILES string of the molecule is CCOc1ccc2[nH]c(=O)c(CN(Cc3ccccc3Cl)[C@H](c3nnnn3C[C@@H]3CCCO3)C(C)C)cc2c1. The van der Waals surface area contributed by atoms with Gasteiger partial charge in [0.15, 0.2) is 5.82 Å². The number of aromatic nitrogens is 5. The standard InChI is InChI=1S/C29H35ClN6O3/c1-4-38-23-11-12-26-21(15-23)14-22(29(37)31-26)17-35(16-20-8-5-6-10-25(20)30)27(19(2)3)28-32-33-34-36(28)18-24-9-7-13-39-24/h5-6,8,10-12,14-15,19,24,27H,4,7,9,13,16-18H2,1-3H3,(H,31,37)/t24-,27-/m0/s1. The fourth-order valence-electron chi connectivity index (χ4n) is 5.34. The van der Waals surface area contributed by atoms with Crippen LogP contribution in [0.15, 0.2) is 53.3 Å². The fourth-order valence-corrected chi connectivity index (χ4v) is 5.53. The predicted octanol–water partition coefficient (Wildman–Crippen LogP) is 5.15. The Morgan fingerprint density at radius 1 is 1.18 bits per heavy atom. The maximum atomic E-state index is 13.3. The van der Waals surface area contributed by atoms with Crippen molar-refractivity contribution in [2.45, 2.75) is 65.4 Å². The number of aromatic amines is 1. The number of nitrogens with zero attached hydrogens (tertiary/aromatic N) is 5. The van der Waals surface area contributed by atoms with Crippen molar-refractivity contribution in [1.82, 2.24) is 30.1 Å². The first-order valence-electron chi connectivity index (χ1n) is 13.6. The molecule has 1 N–H and O–H groups in total. The van der Waals surface area contributed by atoms with Crippen LogP contribution in [0.2, 0.25) is 5.02 Å². The Kier molecular flexibility index (Phi) is 8.60. The maximum absolute atomic E-state index is 13.3. The zero-order valence-electron chi connectivity index (χ0n) is 22.6. The summed E-state index contributed by atoms with van der Waals surface area (Å²) in [6.45, 7) is 9.09. The van der Waals surface area contributed by atoms with Crippen LogP contribution in [-0.2, 0) is 24.4 Å². The van der Waals surface area contributed by atoms with E-state index in [1.807, 2.05) is 60.1 Å². The summed E-state index contributed by atoms with van der Waals surface area (Å²) in [5, 5.41) is 14.4. The highest BCUT2D eigenvalue weighted by atomic mass is 35.5. The van der Waals surface area contributed by atoms with Gasteiger partial charge in [0, 0.05) is 41.2 Å². The molecule has 1 saturated heterocycles. The number of nitrogens with one attached hydrogen (secondary N) is 1. The van der Waals surface area contributed by atoms with E-state index < -0.39 is 0 Å². The molecule has 1 aliphatic heterocycles. The first-order valence-corrected chi connectivity index (χ1v) is 13.9. The van der Waals surface area contributed by atoms with Gasteiger partial charge in [0.05, 0.1) is 25.3 Å². The van der Waals surface area contributed by atoms with Gasteiger partial charge in [-0.15, -0.1) is 5.10 Å². The van der Waals surface area contributed by atoms with E-state index in [2.05, 4.69) is 39.3 Å². The smallest absolute Gasteiger partial charge is 0.252 e. The Balaban J connectivity index is 1.54. The number of fused-ring (bicyclic) bond motifs is 1. The van der Waals surface area contributed by atoms with E-state index in [4.69, 9.17) is 21.1 Å². The van der Waals surface area contributed by atoms with Crippen LogP contribution in [-0.4, -0.2) is 49.4 Å². The van der Waals surface area contributed by atoms with Crippen LogP contribution in [0.4, 0.5) is 0 Å². The Morgan fingerprint density at radius 3 is 2.74 bits per heavy atom. The Bertz CT molecular complexity index is 1460. The second kappa shape index (κ2) is 12.3. The maximum Gasteiger partial charge on any atom is 0.252 e. The molecule has 0 bridgehead atoms. The number of tetrazole rings is 1. The zero-order chi connectivity index (χ0) is 27.4. The number of halogens is 1. The van der Waals surface area contributed by atoms with Crippen LogP contribution in [0, 0.1) is 5.92 Å². The van der Waals surface area contributed by atoms with Gasteiger partial charge in [-0.3, -0.25) is 9.69 Å². The quantitative estimate of drug-likeness (QED) is 0.276. The summed E-state index contributed by atoms with van der Waals surface area (Å²) in [6, 6.07) is 15.3. The monoisotopic (exact) mass is 550 g/mol. The third-order valence-corrected chi connectivity index (χ3v) is 7.53. The highest BCUT2D eigenvalue weighted by molar-refractivity contribution is 6.31. The lowest BCUT2D eigenvalue weighted by atomic mass is 9.99. The van der Waals surface area contributed by atoms with Gasteiger partial charge in [0.2, 0.25) is 0 Å². The van der Waals surface area contributed by atoms with Crippen molar-refractivity contribution in [3.63, 3.8) is 0 Å². The van der Waals surface area contributed by atoms with Gasteiger partial charge in [-0.25, -0.2) is 4.68 Å². The topological polar surface area (TPSA) is 98.2 Å². The van der Waals surface area contributed by atoms with Crippen molar-refractivity contribution in [3.05, 3.63) is 80.9 Å². The lowest BCUT2D eigenvalue weighted by Crippen LogP contribution is -2.36. The molecule has 0 amide bonds. The molecule has 5 rings (SSSR count). The van der Waals surface area contributed by atoms with Gasteiger partial charge < -0.3 is 14.5 Å². The molecule has 0 unspecified atom stereocenters. The van der Waals surface area contributed by atoms with Crippen LogP contribution < -0.4 is 10.3 Å². The van der Waals surface area contributed by atoms with E-state index in [0.29, 0.717) is 36.8 Å². The minimum Gasteiger partial charge on any atom is -0.494 e. The normalized spacial score (nSPS) is 16.4. The van der Waals surface area contributed by atoms with Crippen molar-refractivity contribution in [2.75, 3.05) is 13.2 Å². The largest absolute Gasteiger partial charge is 0.494 e. The van der Waals surface area contributed by atoms with Gasteiger partial charge in [-0.2, -0.15) is 0 Å². The fraction of sp³-hybridized carbons (Fsp3) is 0.448. The van der Waals surface area contributed by atoms with E-state index >= 15 is 0 Å². The van der Waals surface area contributed by atoms with Crippen LogP contribution in [0.25, 0.3) is 10.9 Å². The second-order valence-electron chi connectivity index (χ2n) is 10.3. The van der Waals surface area contributed by atoms with E-state index in [-0.39, 0.29) is 23.6 Å². The predicted molar refractivity (Wildman–Crippen MR) is 151 cm³/mol. The van der Waals surface area contributed by atoms with E-state index in [0.717, 1.165) is 47.5 Å². The molecule has 1 aliphatic rings. The lowest BCUT2D eigenvalue weighted by Gasteiger charge is -2.34. The van der Waals surface area contributed by atoms with Crippen molar-refractivity contribution in [1.29, 1.82) is 0 Å². The van der Waals surface area contributed by atoms with Crippen LogP contribution in [0.1, 0.15) is 56.6 Å². The summed E-state index contributed by atoms with van der Waals surface area (Å²) in [5.41, 5.74) is 2.26. The molecule has 0 saturated carbocycles. The molecule has 2 atom stereocenters. The van der Waals surface area contributed by atoms with Gasteiger partial charge in [0.1, 0.15) is 5.75 Å². The number of pyridine rings is 1. The van der Waals surface area contributed by atoms with Crippen LogP contribution >= 0.6 is 11.6 Å². The van der Waals surface area contributed by atoms with Gasteiger partial charge >= 0.3 is 0 Å². The number of hydrogen-bond acceptors (Lipinski definition) is 7. The second-order valence-corrected chi connectivity index (χ2v) is 10.8. The average Bonchev–Trinajstić information content (AvgIpc) is 3.59. The molecular weight excluding hydrogens is 516 g/mol. The third kappa shape index (κ3) is 6.32. The number of hydrogen-bond donors (Lipinski definition) is 1. The van der Waals surface area contributed by atoms with Crippen molar-refractivity contribution in [3.8, 4) is 5.75 Å². The summed E-state index contributed by atoms with van der Waals surface area (Å²) in [5.74, 6) is 1.67. The van der Waals surface area contributed by atoms with Crippen LogP contribution in [0.5, 0.6) is 5.75 Å². The van der Waals surface area contributed by atoms with Crippen molar-refractivity contribution in [2.24, 2.45) is 5.92 Å². The molecular formula is C29H35ClN6O3. The Labute approximate surface area is 233 Å². The third-order valence-electron chi connectivity index (χ3n) is 7.16. The summed E-state index contributed by atoms with van der Waals surface area (Å²) in [4.78, 5) is 18.6. The minimum atomic E-state index is -0.178. The molecule has 0 radical (unpaired) electrons. The average molecular weight is 551 g/mol. The first-order chi connectivity index (χ1) is 18.9. The number of benzene rings is 2.